The Bertz CT molecular complexity index is 1250. The number of fused-ring (bicyclic) bond motifs is 1. The quantitative estimate of drug-likeness (QED) is 0.467. The average molecular weight is 503 g/mol. The number of sulfonamides is 1. The van der Waals surface area contributed by atoms with Crippen molar-refractivity contribution in [3.05, 3.63) is 48.0 Å². The molecule has 1 fully saturated rings. The number of amides is 1. The fraction of sp³-hybridized carbons (Fsp3) is 0.417. The van der Waals surface area contributed by atoms with E-state index in [-0.39, 0.29) is 10.8 Å². The van der Waals surface area contributed by atoms with E-state index in [1.165, 1.54) is 16.4 Å². The van der Waals surface area contributed by atoms with Gasteiger partial charge in [-0.3, -0.25) is 4.79 Å². The molecule has 0 bridgehead atoms. The minimum atomic E-state index is -3.54. The van der Waals surface area contributed by atoms with Crippen LogP contribution in [0.4, 0.5) is 5.13 Å². The molecule has 4 rings (SSSR count). The van der Waals surface area contributed by atoms with Gasteiger partial charge in [0.05, 0.1) is 21.7 Å². The number of anilines is 1. The van der Waals surface area contributed by atoms with E-state index in [2.05, 4.69) is 4.90 Å². The third kappa shape index (κ3) is 4.89. The first-order valence-electron chi connectivity index (χ1n) is 11.5. The number of rotatable bonds is 8. The van der Waals surface area contributed by atoms with E-state index in [1.54, 1.807) is 23.5 Å². The average Bonchev–Trinajstić information content (AvgIpc) is 3.28. The Labute approximate surface area is 204 Å². The molecule has 1 aliphatic rings. The Morgan fingerprint density at radius 2 is 1.71 bits per heavy atom. The van der Waals surface area contributed by atoms with Crippen LogP contribution in [0.5, 0.6) is 5.75 Å². The summed E-state index contributed by atoms with van der Waals surface area (Å²) in [5, 5.41) is 0.946. The van der Waals surface area contributed by atoms with Gasteiger partial charge in [-0.2, -0.15) is 4.31 Å². The molecule has 1 saturated heterocycles. The number of nitrogens with zero attached hydrogens (tertiary/aromatic N) is 4. The van der Waals surface area contributed by atoms with Gasteiger partial charge in [-0.05, 0) is 49.4 Å². The van der Waals surface area contributed by atoms with Crippen LogP contribution in [0, 0.1) is 0 Å². The maximum absolute atomic E-state index is 13.0. The van der Waals surface area contributed by atoms with Crippen molar-refractivity contribution in [3.8, 4) is 5.75 Å². The van der Waals surface area contributed by atoms with Gasteiger partial charge >= 0.3 is 0 Å². The summed E-state index contributed by atoms with van der Waals surface area (Å²) in [4.78, 5) is 22.0. The van der Waals surface area contributed by atoms with Crippen LogP contribution in [0.2, 0.25) is 0 Å². The predicted molar refractivity (Wildman–Crippen MR) is 135 cm³/mol. The normalized spacial score (nSPS) is 14.7. The van der Waals surface area contributed by atoms with E-state index in [0.29, 0.717) is 51.4 Å². The molecule has 0 spiro atoms. The lowest BCUT2D eigenvalue weighted by atomic mass is 10.2. The molecule has 1 aromatic heterocycles. The van der Waals surface area contributed by atoms with Crippen molar-refractivity contribution in [2.75, 3.05) is 50.8 Å². The van der Waals surface area contributed by atoms with Gasteiger partial charge in [-0.15, -0.1) is 0 Å². The predicted octanol–water partition coefficient (Wildman–Crippen LogP) is 3.69. The summed E-state index contributed by atoms with van der Waals surface area (Å²) in [5.74, 6) is 0.758. The second-order valence-corrected chi connectivity index (χ2v) is 10.9. The monoisotopic (exact) mass is 502 g/mol. The van der Waals surface area contributed by atoms with E-state index < -0.39 is 10.0 Å². The molecule has 8 nitrogen and oxygen atoms in total. The zero-order chi connectivity index (χ0) is 24.3. The summed E-state index contributed by atoms with van der Waals surface area (Å²) >= 11 is 1.63. The molecular weight excluding hydrogens is 472 g/mol. The molecule has 182 valence electrons. The number of carbonyl (C=O) groups is 1. The Balaban J connectivity index is 1.40. The van der Waals surface area contributed by atoms with Crippen molar-refractivity contribution in [2.45, 2.75) is 25.7 Å². The van der Waals surface area contributed by atoms with Crippen LogP contribution in [0.25, 0.3) is 10.2 Å². The standard InChI is InChI=1S/C24H30N4O4S2/c1-4-28(5-2)34(30,31)20-10-7-18(8-11-20)23(29)26-13-15-27(16-14-26)24-25-21-12-9-19(32-6-3)17-22(21)33-24/h7-12,17H,4-6,13-16H2,1-3H3. The fourth-order valence-electron chi connectivity index (χ4n) is 4.05. The number of thiazole rings is 1. The van der Waals surface area contributed by atoms with Crippen LogP contribution in [-0.4, -0.2) is 74.4 Å². The van der Waals surface area contributed by atoms with Gasteiger partial charge in [0.2, 0.25) is 10.0 Å². The maximum atomic E-state index is 13.0. The van der Waals surface area contributed by atoms with Crippen LogP contribution in [0.3, 0.4) is 0 Å². The van der Waals surface area contributed by atoms with E-state index in [0.717, 1.165) is 21.1 Å². The first-order chi connectivity index (χ1) is 16.4. The minimum Gasteiger partial charge on any atom is -0.494 e. The fourth-order valence-corrected chi connectivity index (χ4v) is 6.55. The number of carbonyl (C=O) groups excluding carboxylic acids is 1. The van der Waals surface area contributed by atoms with Crippen molar-refractivity contribution < 1.29 is 17.9 Å². The second-order valence-electron chi connectivity index (χ2n) is 7.95. The van der Waals surface area contributed by atoms with Gasteiger partial charge in [-0.1, -0.05) is 25.2 Å². The highest BCUT2D eigenvalue weighted by atomic mass is 32.2. The number of benzene rings is 2. The summed E-state index contributed by atoms with van der Waals surface area (Å²) in [6, 6.07) is 12.2. The number of hydrogen-bond acceptors (Lipinski definition) is 7. The van der Waals surface area contributed by atoms with Gasteiger partial charge in [-0.25, -0.2) is 13.4 Å². The van der Waals surface area contributed by atoms with Crippen LogP contribution >= 0.6 is 11.3 Å². The van der Waals surface area contributed by atoms with E-state index in [1.807, 2.05) is 43.9 Å². The summed E-state index contributed by atoms with van der Waals surface area (Å²) in [6.45, 7) is 9.58. The topological polar surface area (TPSA) is 83.0 Å². The van der Waals surface area contributed by atoms with Crippen molar-refractivity contribution in [1.29, 1.82) is 0 Å². The molecule has 3 aromatic rings. The molecule has 2 heterocycles. The molecule has 0 aliphatic carbocycles. The number of aromatic nitrogens is 1. The van der Waals surface area contributed by atoms with E-state index >= 15 is 0 Å². The Morgan fingerprint density at radius 1 is 1.03 bits per heavy atom. The van der Waals surface area contributed by atoms with Gasteiger partial charge < -0.3 is 14.5 Å². The first-order valence-corrected chi connectivity index (χ1v) is 13.8. The largest absolute Gasteiger partial charge is 0.494 e. The summed E-state index contributed by atoms with van der Waals surface area (Å²) in [6.07, 6.45) is 0. The highest BCUT2D eigenvalue weighted by Crippen LogP contribution is 2.32. The maximum Gasteiger partial charge on any atom is 0.253 e. The zero-order valence-electron chi connectivity index (χ0n) is 19.7. The molecular formula is C24H30N4O4S2. The summed E-state index contributed by atoms with van der Waals surface area (Å²) in [7, 11) is -3.54. The lowest BCUT2D eigenvalue weighted by Gasteiger charge is -2.34. The van der Waals surface area contributed by atoms with Crippen LogP contribution in [0.1, 0.15) is 31.1 Å². The zero-order valence-corrected chi connectivity index (χ0v) is 21.4. The molecule has 1 aliphatic heterocycles. The third-order valence-electron chi connectivity index (χ3n) is 5.94. The van der Waals surface area contributed by atoms with Crippen molar-refractivity contribution in [3.63, 3.8) is 0 Å². The molecule has 1 amide bonds. The van der Waals surface area contributed by atoms with Crippen LogP contribution in [0.15, 0.2) is 47.4 Å². The Morgan fingerprint density at radius 3 is 2.32 bits per heavy atom. The number of ether oxygens (including phenoxy) is 1. The highest BCUT2D eigenvalue weighted by Gasteiger charge is 2.25. The molecule has 10 heteroatoms. The van der Waals surface area contributed by atoms with Gasteiger partial charge in [0.1, 0.15) is 5.75 Å². The van der Waals surface area contributed by atoms with Crippen molar-refractivity contribution >= 4 is 42.6 Å². The van der Waals surface area contributed by atoms with E-state index in [4.69, 9.17) is 9.72 Å². The number of hydrogen-bond donors (Lipinski definition) is 0. The molecule has 2 aromatic carbocycles. The molecule has 0 atom stereocenters. The molecule has 0 saturated carbocycles. The lowest BCUT2D eigenvalue weighted by Crippen LogP contribution is -2.48. The molecule has 0 radical (unpaired) electrons. The molecule has 0 N–H and O–H groups in total. The van der Waals surface area contributed by atoms with Crippen molar-refractivity contribution in [1.82, 2.24) is 14.2 Å². The van der Waals surface area contributed by atoms with Gasteiger partial charge in [0, 0.05) is 44.8 Å². The lowest BCUT2D eigenvalue weighted by molar-refractivity contribution is 0.0746. The molecule has 34 heavy (non-hydrogen) atoms. The van der Waals surface area contributed by atoms with Crippen LogP contribution < -0.4 is 9.64 Å². The SMILES string of the molecule is CCOc1ccc2nc(N3CCN(C(=O)c4ccc(S(=O)(=O)N(CC)CC)cc4)CC3)sc2c1. The highest BCUT2D eigenvalue weighted by molar-refractivity contribution is 7.89. The number of piperazine rings is 1. The summed E-state index contributed by atoms with van der Waals surface area (Å²) < 4.78 is 33.4. The Kier molecular flexibility index (Phi) is 7.39. The van der Waals surface area contributed by atoms with Gasteiger partial charge in [0.25, 0.3) is 5.91 Å². The second kappa shape index (κ2) is 10.3. The Hall–Kier alpha value is -2.69. The summed E-state index contributed by atoms with van der Waals surface area (Å²) in [5.41, 5.74) is 1.44. The van der Waals surface area contributed by atoms with Gasteiger partial charge in [0.15, 0.2) is 5.13 Å². The van der Waals surface area contributed by atoms with Crippen molar-refractivity contribution in [2.24, 2.45) is 0 Å². The minimum absolute atomic E-state index is 0.0860. The molecule has 0 unspecified atom stereocenters. The smallest absolute Gasteiger partial charge is 0.253 e. The first kappa shape index (κ1) is 24.4. The van der Waals surface area contributed by atoms with E-state index in [9.17, 15) is 13.2 Å². The third-order valence-corrected chi connectivity index (χ3v) is 9.08. The van der Waals surface area contributed by atoms with Crippen LogP contribution in [-0.2, 0) is 10.0 Å².